The van der Waals surface area contributed by atoms with E-state index < -0.39 is 11.5 Å². The van der Waals surface area contributed by atoms with Gasteiger partial charge in [-0.05, 0) is 29.8 Å². The Balaban J connectivity index is 1.95. The van der Waals surface area contributed by atoms with Gasteiger partial charge in [0.05, 0.1) is 16.8 Å². The number of carbonyl (C=O) groups is 2. The van der Waals surface area contributed by atoms with Crippen LogP contribution < -0.4 is 10.2 Å². The van der Waals surface area contributed by atoms with E-state index in [9.17, 15) is 9.59 Å². The predicted octanol–water partition coefficient (Wildman–Crippen LogP) is 2.35. The molecule has 0 saturated carbocycles. The van der Waals surface area contributed by atoms with Crippen LogP contribution in [0.25, 0.3) is 0 Å². The van der Waals surface area contributed by atoms with Crippen molar-refractivity contribution in [1.29, 1.82) is 0 Å². The normalized spacial score (nSPS) is 16.9. The van der Waals surface area contributed by atoms with Crippen LogP contribution in [0.2, 0.25) is 0 Å². The van der Waals surface area contributed by atoms with E-state index in [0.29, 0.717) is 12.1 Å². The molecule has 1 atom stereocenters. The molecule has 1 aliphatic rings. The van der Waals surface area contributed by atoms with Gasteiger partial charge in [0.2, 0.25) is 0 Å². The lowest BCUT2D eigenvalue weighted by Gasteiger charge is -2.36. The lowest BCUT2D eigenvalue weighted by Crippen LogP contribution is -2.49. The molecule has 3 rings (SSSR count). The largest absolute Gasteiger partial charge is 0.478 e. The van der Waals surface area contributed by atoms with Crippen LogP contribution in [0, 0.1) is 0 Å². The van der Waals surface area contributed by atoms with Gasteiger partial charge in [-0.15, -0.1) is 12.6 Å². The van der Waals surface area contributed by atoms with Crippen LogP contribution in [-0.2, 0) is 6.54 Å². The van der Waals surface area contributed by atoms with E-state index in [-0.39, 0.29) is 11.5 Å². The van der Waals surface area contributed by atoms with E-state index in [2.05, 4.69) is 17.9 Å². The molecule has 2 N–H and O–H groups in total. The van der Waals surface area contributed by atoms with Crippen LogP contribution in [0.5, 0.6) is 0 Å². The Bertz CT molecular complexity index is 748. The average molecular weight is 314 g/mol. The minimum Gasteiger partial charge on any atom is -0.478 e. The second-order valence-corrected chi connectivity index (χ2v) is 5.49. The van der Waals surface area contributed by atoms with E-state index in [1.165, 1.54) is 0 Å². The standard InChI is InChI=1S/C16H14N2O3S/c19-14-12-6-1-2-7-13(12)18(16(22)17-14)9-10-4-3-5-11(8-10)15(20)21/h1-8,16,22H,9H2,(H,17,19)(H,20,21). The number of carboxylic acids is 1. The Morgan fingerprint density at radius 1 is 1.23 bits per heavy atom. The molecule has 1 unspecified atom stereocenters. The highest BCUT2D eigenvalue weighted by molar-refractivity contribution is 7.81. The summed E-state index contributed by atoms with van der Waals surface area (Å²) >= 11 is 4.41. The van der Waals surface area contributed by atoms with Crippen molar-refractivity contribution in [2.24, 2.45) is 0 Å². The fraction of sp³-hybridized carbons (Fsp3) is 0.125. The number of amides is 1. The van der Waals surface area contributed by atoms with Gasteiger partial charge in [0.1, 0.15) is 5.50 Å². The first-order chi connectivity index (χ1) is 10.6. The van der Waals surface area contributed by atoms with Gasteiger partial charge in [-0.1, -0.05) is 24.3 Å². The third kappa shape index (κ3) is 2.65. The number of aromatic carboxylic acids is 1. The monoisotopic (exact) mass is 314 g/mol. The van der Waals surface area contributed by atoms with E-state index >= 15 is 0 Å². The number of hydrogen-bond acceptors (Lipinski definition) is 4. The molecule has 2 aromatic carbocycles. The third-order valence-electron chi connectivity index (χ3n) is 3.54. The Morgan fingerprint density at radius 2 is 2.00 bits per heavy atom. The van der Waals surface area contributed by atoms with Crippen molar-refractivity contribution in [3.63, 3.8) is 0 Å². The average Bonchev–Trinajstić information content (AvgIpc) is 2.52. The first-order valence-electron chi connectivity index (χ1n) is 6.73. The maximum atomic E-state index is 12.0. The first-order valence-corrected chi connectivity index (χ1v) is 7.25. The molecular weight excluding hydrogens is 300 g/mol. The molecule has 0 radical (unpaired) electrons. The fourth-order valence-corrected chi connectivity index (χ4v) is 2.82. The molecule has 0 fully saturated rings. The lowest BCUT2D eigenvalue weighted by atomic mass is 10.1. The maximum Gasteiger partial charge on any atom is 0.335 e. The van der Waals surface area contributed by atoms with E-state index in [0.717, 1.165) is 11.3 Å². The van der Waals surface area contributed by atoms with Crippen molar-refractivity contribution in [2.75, 3.05) is 4.90 Å². The second kappa shape index (κ2) is 5.73. The van der Waals surface area contributed by atoms with Gasteiger partial charge in [-0.3, -0.25) is 4.79 Å². The summed E-state index contributed by atoms with van der Waals surface area (Å²) in [5.74, 6) is -1.12. The first kappa shape index (κ1) is 14.5. The summed E-state index contributed by atoms with van der Waals surface area (Å²) in [5.41, 5.74) is 1.98. The molecule has 0 spiro atoms. The zero-order valence-electron chi connectivity index (χ0n) is 11.6. The van der Waals surface area contributed by atoms with Crippen molar-refractivity contribution >= 4 is 30.2 Å². The quantitative estimate of drug-likeness (QED) is 0.761. The van der Waals surface area contributed by atoms with E-state index in [1.54, 1.807) is 30.3 Å². The maximum absolute atomic E-state index is 12.0. The molecule has 1 aliphatic heterocycles. The molecule has 1 amide bonds. The van der Waals surface area contributed by atoms with E-state index in [1.807, 2.05) is 23.1 Å². The number of hydrogen-bond donors (Lipinski definition) is 3. The van der Waals surface area contributed by atoms with Gasteiger partial charge in [0.25, 0.3) is 5.91 Å². The molecule has 0 bridgehead atoms. The smallest absolute Gasteiger partial charge is 0.335 e. The molecule has 22 heavy (non-hydrogen) atoms. The predicted molar refractivity (Wildman–Crippen MR) is 86.3 cm³/mol. The Hall–Kier alpha value is -2.47. The summed E-state index contributed by atoms with van der Waals surface area (Å²) in [6, 6.07) is 14.0. The molecule has 1 heterocycles. The van der Waals surface area contributed by atoms with Gasteiger partial charge in [0.15, 0.2) is 0 Å². The topological polar surface area (TPSA) is 69.6 Å². The number of para-hydroxylation sites is 1. The van der Waals surface area contributed by atoms with E-state index in [4.69, 9.17) is 5.11 Å². The summed E-state index contributed by atoms with van der Waals surface area (Å²) in [6.07, 6.45) is 0. The highest BCUT2D eigenvalue weighted by Crippen LogP contribution is 2.29. The number of anilines is 1. The zero-order valence-corrected chi connectivity index (χ0v) is 12.5. The van der Waals surface area contributed by atoms with Crippen LogP contribution in [0.4, 0.5) is 5.69 Å². The molecule has 5 nitrogen and oxygen atoms in total. The number of nitrogens with one attached hydrogen (secondary N) is 1. The lowest BCUT2D eigenvalue weighted by molar-refractivity contribution is 0.0696. The van der Waals surface area contributed by atoms with Crippen LogP contribution in [0.1, 0.15) is 26.3 Å². The zero-order chi connectivity index (χ0) is 15.7. The number of carboxylic acid groups (broad SMARTS) is 1. The Kier molecular flexibility index (Phi) is 3.77. The van der Waals surface area contributed by atoms with Crippen molar-refractivity contribution in [3.8, 4) is 0 Å². The molecule has 2 aromatic rings. The van der Waals surface area contributed by atoms with Crippen molar-refractivity contribution in [3.05, 3.63) is 65.2 Å². The number of benzene rings is 2. The highest BCUT2D eigenvalue weighted by Gasteiger charge is 2.28. The van der Waals surface area contributed by atoms with Gasteiger partial charge in [0, 0.05) is 6.54 Å². The summed E-state index contributed by atoms with van der Waals surface area (Å²) in [5, 5.41) is 11.9. The van der Waals surface area contributed by atoms with Crippen molar-refractivity contribution < 1.29 is 14.7 Å². The van der Waals surface area contributed by atoms with Gasteiger partial charge in [-0.25, -0.2) is 4.79 Å². The summed E-state index contributed by atoms with van der Waals surface area (Å²) < 4.78 is 0. The highest BCUT2D eigenvalue weighted by atomic mass is 32.1. The second-order valence-electron chi connectivity index (χ2n) is 5.00. The molecule has 6 heteroatoms. The molecule has 0 saturated heterocycles. The van der Waals surface area contributed by atoms with Crippen molar-refractivity contribution in [2.45, 2.75) is 12.0 Å². The van der Waals surface area contributed by atoms with Crippen molar-refractivity contribution in [1.82, 2.24) is 5.32 Å². The fourth-order valence-electron chi connectivity index (χ4n) is 2.49. The summed E-state index contributed by atoms with van der Waals surface area (Å²) in [6.45, 7) is 0.451. The Morgan fingerprint density at radius 3 is 2.77 bits per heavy atom. The van der Waals surface area contributed by atoms with Crippen LogP contribution in [0.15, 0.2) is 48.5 Å². The van der Waals surface area contributed by atoms with Crippen LogP contribution >= 0.6 is 12.6 Å². The number of carbonyl (C=O) groups excluding carboxylic acids is 1. The number of nitrogens with zero attached hydrogens (tertiary/aromatic N) is 1. The number of rotatable bonds is 3. The molecule has 112 valence electrons. The molecule has 0 aromatic heterocycles. The van der Waals surface area contributed by atoms with Gasteiger partial charge < -0.3 is 15.3 Å². The van der Waals surface area contributed by atoms with Gasteiger partial charge in [-0.2, -0.15) is 0 Å². The molecule has 0 aliphatic carbocycles. The van der Waals surface area contributed by atoms with Crippen LogP contribution in [-0.4, -0.2) is 22.5 Å². The Labute approximate surface area is 133 Å². The minimum atomic E-state index is -0.961. The molecular formula is C16H14N2O3S. The minimum absolute atomic E-state index is 0.161. The van der Waals surface area contributed by atoms with Crippen LogP contribution in [0.3, 0.4) is 0 Å². The van der Waals surface area contributed by atoms with Gasteiger partial charge >= 0.3 is 5.97 Å². The summed E-state index contributed by atoms with van der Waals surface area (Å²) in [7, 11) is 0. The third-order valence-corrected chi connectivity index (χ3v) is 3.95. The number of fused-ring (bicyclic) bond motifs is 1. The summed E-state index contributed by atoms with van der Waals surface area (Å²) in [4.78, 5) is 25.0. The SMILES string of the molecule is O=C(O)c1cccc(CN2c3ccccc3C(=O)NC2S)c1. The number of thiol groups is 1.